The molecular formula is C8H8N2OS. The highest BCUT2D eigenvalue weighted by Gasteiger charge is 2.02. The van der Waals surface area contributed by atoms with Crippen molar-refractivity contribution < 1.29 is 0 Å². The number of aryl methyl sites for hydroxylation is 1. The summed E-state index contributed by atoms with van der Waals surface area (Å²) in [6, 6.07) is 1.87. The van der Waals surface area contributed by atoms with Gasteiger partial charge >= 0.3 is 0 Å². The molecule has 3 nitrogen and oxygen atoms in total. The van der Waals surface area contributed by atoms with Gasteiger partial charge in [0, 0.05) is 6.42 Å². The van der Waals surface area contributed by atoms with Crippen LogP contribution in [0.25, 0.3) is 10.2 Å². The number of hydrogen-bond donors (Lipinski definition) is 1. The zero-order valence-corrected chi connectivity index (χ0v) is 7.44. The molecule has 2 rings (SSSR count). The summed E-state index contributed by atoms with van der Waals surface area (Å²) < 4.78 is 0.715. The van der Waals surface area contributed by atoms with Gasteiger partial charge in [0.25, 0.3) is 5.56 Å². The maximum absolute atomic E-state index is 11.3. The molecule has 62 valence electrons. The molecule has 0 aromatic carbocycles. The molecule has 0 aliphatic carbocycles. The lowest BCUT2D eigenvalue weighted by Gasteiger charge is -1.94. The third-order valence-corrected chi connectivity index (χ3v) is 2.60. The second-order valence-electron chi connectivity index (χ2n) is 2.50. The van der Waals surface area contributed by atoms with Gasteiger partial charge in [0.1, 0.15) is 10.5 Å². The maximum Gasteiger partial charge on any atom is 0.268 e. The molecule has 0 aliphatic rings. The number of nitrogens with zero attached hydrogens (tertiary/aromatic N) is 1. The van der Waals surface area contributed by atoms with Crippen LogP contribution >= 0.6 is 11.3 Å². The standard InChI is InChI=1S/C8H8N2OS/c1-2-6-9-5-3-4-12-7(5)8(11)10-6/h3-4H,2H2,1H3,(H,9,10,11). The van der Waals surface area contributed by atoms with E-state index in [1.54, 1.807) is 0 Å². The van der Waals surface area contributed by atoms with E-state index in [1.165, 1.54) is 11.3 Å². The molecule has 0 radical (unpaired) electrons. The third kappa shape index (κ3) is 1.04. The van der Waals surface area contributed by atoms with Crippen molar-refractivity contribution in [2.24, 2.45) is 0 Å². The molecule has 0 bridgehead atoms. The molecule has 0 unspecified atom stereocenters. The highest BCUT2D eigenvalue weighted by Crippen LogP contribution is 2.13. The van der Waals surface area contributed by atoms with Gasteiger partial charge < -0.3 is 4.98 Å². The SMILES string of the molecule is CCc1nc2ccsc2c(=O)[nH]1. The molecule has 2 aromatic heterocycles. The van der Waals surface area contributed by atoms with Gasteiger partial charge in [-0.3, -0.25) is 4.79 Å². The number of rotatable bonds is 1. The Morgan fingerprint density at radius 3 is 3.25 bits per heavy atom. The van der Waals surface area contributed by atoms with Crippen LogP contribution in [-0.4, -0.2) is 9.97 Å². The summed E-state index contributed by atoms with van der Waals surface area (Å²) in [7, 11) is 0. The van der Waals surface area contributed by atoms with Gasteiger partial charge in [-0.05, 0) is 11.4 Å². The number of H-pyrrole nitrogens is 1. The Hall–Kier alpha value is -1.16. The van der Waals surface area contributed by atoms with Crippen LogP contribution in [0.5, 0.6) is 0 Å². The number of hydrogen-bond acceptors (Lipinski definition) is 3. The first-order chi connectivity index (χ1) is 5.81. The summed E-state index contributed by atoms with van der Waals surface area (Å²) in [5, 5.41) is 1.88. The van der Waals surface area contributed by atoms with Gasteiger partial charge in [-0.25, -0.2) is 4.98 Å². The van der Waals surface area contributed by atoms with Crippen molar-refractivity contribution in [1.29, 1.82) is 0 Å². The van der Waals surface area contributed by atoms with E-state index < -0.39 is 0 Å². The monoisotopic (exact) mass is 180 g/mol. The molecule has 1 N–H and O–H groups in total. The van der Waals surface area contributed by atoms with Crippen LogP contribution in [0.15, 0.2) is 16.2 Å². The molecule has 4 heteroatoms. The molecule has 0 fully saturated rings. The molecule has 0 amide bonds. The smallest absolute Gasteiger partial charge is 0.268 e. The molecule has 0 saturated carbocycles. The van der Waals surface area contributed by atoms with E-state index in [0.29, 0.717) is 4.70 Å². The molecular weight excluding hydrogens is 172 g/mol. The van der Waals surface area contributed by atoms with Crippen molar-refractivity contribution in [3.05, 3.63) is 27.6 Å². The molecule has 0 saturated heterocycles. The minimum Gasteiger partial charge on any atom is -0.309 e. The molecule has 2 heterocycles. The summed E-state index contributed by atoms with van der Waals surface area (Å²) in [6.07, 6.45) is 0.765. The van der Waals surface area contributed by atoms with Crippen LogP contribution in [0.1, 0.15) is 12.7 Å². The molecule has 2 aromatic rings. The Morgan fingerprint density at radius 2 is 2.50 bits per heavy atom. The average molecular weight is 180 g/mol. The van der Waals surface area contributed by atoms with E-state index >= 15 is 0 Å². The van der Waals surface area contributed by atoms with Crippen LogP contribution in [-0.2, 0) is 6.42 Å². The lowest BCUT2D eigenvalue weighted by molar-refractivity contribution is 0.946. The molecule has 0 atom stereocenters. The Morgan fingerprint density at radius 1 is 1.67 bits per heavy atom. The predicted octanol–water partition coefficient (Wildman–Crippen LogP) is 1.55. The average Bonchev–Trinajstić information content (AvgIpc) is 2.52. The van der Waals surface area contributed by atoms with Crippen LogP contribution in [0.3, 0.4) is 0 Å². The highest BCUT2D eigenvalue weighted by atomic mass is 32.1. The van der Waals surface area contributed by atoms with Gasteiger partial charge in [-0.15, -0.1) is 11.3 Å². The van der Waals surface area contributed by atoms with Crippen LogP contribution in [0, 0.1) is 0 Å². The van der Waals surface area contributed by atoms with Crippen molar-refractivity contribution in [1.82, 2.24) is 9.97 Å². The quantitative estimate of drug-likeness (QED) is 0.723. The lowest BCUT2D eigenvalue weighted by atomic mass is 10.4. The third-order valence-electron chi connectivity index (χ3n) is 1.70. The summed E-state index contributed by atoms with van der Waals surface area (Å²) in [6.45, 7) is 1.97. The van der Waals surface area contributed by atoms with Gasteiger partial charge in [0.05, 0.1) is 5.52 Å². The lowest BCUT2D eigenvalue weighted by Crippen LogP contribution is -2.09. The summed E-state index contributed by atoms with van der Waals surface area (Å²) in [5.41, 5.74) is 0.785. The van der Waals surface area contributed by atoms with E-state index in [2.05, 4.69) is 9.97 Å². The first-order valence-electron chi connectivity index (χ1n) is 3.77. The number of aromatic nitrogens is 2. The number of aromatic amines is 1. The van der Waals surface area contributed by atoms with Crippen LogP contribution < -0.4 is 5.56 Å². The molecule has 0 aliphatic heterocycles. The molecule has 12 heavy (non-hydrogen) atoms. The minimum absolute atomic E-state index is 0.0214. The normalized spacial score (nSPS) is 10.8. The van der Waals surface area contributed by atoms with Crippen molar-refractivity contribution in [3.63, 3.8) is 0 Å². The van der Waals surface area contributed by atoms with Gasteiger partial charge in [-0.1, -0.05) is 6.92 Å². The van der Waals surface area contributed by atoms with E-state index in [0.717, 1.165) is 17.8 Å². The number of thiophene rings is 1. The second-order valence-corrected chi connectivity index (χ2v) is 3.42. The summed E-state index contributed by atoms with van der Waals surface area (Å²) >= 11 is 1.43. The largest absolute Gasteiger partial charge is 0.309 e. The number of fused-ring (bicyclic) bond motifs is 1. The van der Waals surface area contributed by atoms with Gasteiger partial charge in [0.2, 0.25) is 0 Å². The van der Waals surface area contributed by atoms with Crippen molar-refractivity contribution in [3.8, 4) is 0 Å². The first-order valence-corrected chi connectivity index (χ1v) is 4.65. The van der Waals surface area contributed by atoms with Crippen molar-refractivity contribution >= 4 is 21.6 Å². The van der Waals surface area contributed by atoms with Crippen molar-refractivity contribution in [2.45, 2.75) is 13.3 Å². The fourth-order valence-electron chi connectivity index (χ4n) is 1.09. The Balaban J connectivity index is 2.84. The van der Waals surface area contributed by atoms with Gasteiger partial charge in [-0.2, -0.15) is 0 Å². The van der Waals surface area contributed by atoms with E-state index in [4.69, 9.17) is 0 Å². The van der Waals surface area contributed by atoms with Crippen LogP contribution in [0.2, 0.25) is 0 Å². The first kappa shape index (κ1) is 7.49. The van der Waals surface area contributed by atoms with E-state index in [-0.39, 0.29) is 5.56 Å². The maximum atomic E-state index is 11.3. The number of nitrogens with one attached hydrogen (secondary N) is 1. The zero-order chi connectivity index (χ0) is 8.55. The highest BCUT2D eigenvalue weighted by molar-refractivity contribution is 7.17. The fourth-order valence-corrected chi connectivity index (χ4v) is 1.81. The van der Waals surface area contributed by atoms with Gasteiger partial charge in [0.15, 0.2) is 0 Å². The second kappa shape index (κ2) is 2.71. The van der Waals surface area contributed by atoms with Crippen molar-refractivity contribution in [2.75, 3.05) is 0 Å². The Labute approximate surface area is 73.1 Å². The Bertz CT molecular complexity index is 457. The van der Waals surface area contributed by atoms with Crippen LogP contribution in [0.4, 0.5) is 0 Å². The summed E-state index contributed by atoms with van der Waals surface area (Å²) in [5.74, 6) is 0.755. The minimum atomic E-state index is -0.0214. The van der Waals surface area contributed by atoms with E-state index in [1.807, 2.05) is 18.4 Å². The topological polar surface area (TPSA) is 45.8 Å². The fraction of sp³-hybridized carbons (Fsp3) is 0.250. The zero-order valence-electron chi connectivity index (χ0n) is 6.63. The summed E-state index contributed by atoms with van der Waals surface area (Å²) in [4.78, 5) is 18.3. The Kier molecular flexibility index (Phi) is 1.69. The predicted molar refractivity (Wildman–Crippen MR) is 49.6 cm³/mol. The van der Waals surface area contributed by atoms with E-state index in [9.17, 15) is 4.79 Å². The molecule has 0 spiro atoms.